The molecule has 0 aromatic carbocycles. The maximum Gasteiger partial charge on any atom is 0.164 e. The van der Waals surface area contributed by atoms with Crippen molar-refractivity contribution in [1.82, 2.24) is 9.78 Å². The monoisotopic (exact) mass is 240 g/mol. The van der Waals surface area contributed by atoms with Crippen LogP contribution in [0.25, 0.3) is 0 Å². The molecule has 0 bridgehead atoms. The second-order valence-corrected chi connectivity index (χ2v) is 4.85. The van der Waals surface area contributed by atoms with Crippen LogP contribution in [0, 0.1) is 0 Å². The van der Waals surface area contributed by atoms with Crippen LogP contribution in [0.5, 0.6) is 0 Å². The second kappa shape index (κ2) is 5.00. The number of carbonyl (C=O) groups excluding carboxylic acids is 1. The molecule has 16 heavy (non-hydrogen) atoms. The molecule has 0 N–H and O–H groups in total. The van der Waals surface area contributed by atoms with Gasteiger partial charge in [0.15, 0.2) is 5.78 Å². The first-order chi connectivity index (χ1) is 7.70. The van der Waals surface area contributed by atoms with Gasteiger partial charge in [-0.1, -0.05) is 37.3 Å². The highest BCUT2D eigenvalue weighted by Gasteiger charge is 2.20. The molecule has 0 amide bonds. The molecular weight excluding hydrogens is 224 g/mol. The lowest BCUT2D eigenvalue weighted by Gasteiger charge is -2.15. The highest BCUT2D eigenvalue weighted by molar-refractivity contribution is 6.32. The van der Waals surface area contributed by atoms with Crippen LogP contribution in [-0.4, -0.2) is 15.6 Å². The smallest absolute Gasteiger partial charge is 0.164 e. The van der Waals surface area contributed by atoms with Crippen LogP contribution in [0.4, 0.5) is 0 Å². The molecule has 4 heteroatoms. The third kappa shape index (κ3) is 2.29. The van der Waals surface area contributed by atoms with E-state index in [9.17, 15) is 4.79 Å². The van der Waals surface area contributed by atoms with Crippen molar-refractivity contribution < 1.29 is 4.79 Å². The maximum atomic E-state index is 11.3. The summed E-state index contributed by atoms with van der Waals surface area (Å²) < 4.78 is 1.84. The Hall–Kier alpha value is -0.830. The summed E-state index contributed by atoms with van der Waals surface area (Å²) >= 11 is 6.19. The zero-order valence-electron chi connectivity index (χ0n) is 9.58. The van der Waals surface area contributed by atoms with Gasteiger partial charge in [0.05, 0.1) is 17.8 Å². The SMILES string of the molecule is CC(=O)c1cnn(C2CCCCCC2)c1Cl. The van der Waals surface area contributed by atoms with E-state index in [0.717, 1.165) is 12.8 Å². The fourth-order valence-electron chi connectivity index (χ4n) is 2.34. The van der Waals surface area contributed by atoms with Gasteiger partial charge < -0.3 is 0 Å². The number of rotatable bonds is 2. The van der Waals surface area contributed by atoms with Gasteiger partial charge in [-0.15, -0.1) is 0 Å². The van der Waals surface area contributed by atoms with E-state index in [4.69, 9.17) is 11.6 Å². The van der Waals surface area contributed by atoms with Crippen molar-refractivity contribution in [2.75, 3.05) is 0 Å². The summed E-state index contributed by atoms with van der Waals surface area (Å²) in [6.07, 6.45) is 8.91. The second-order valence-electron chi connectivity index (χ2n) is 4.50. The Bertz CT molecular complexity index is 378. The zero-order chi connectivity index (χ0) is 11.5. The molecule has 1 saturated carbocycles. The lowest BCUT2D eigenvalue weighted by Crippen LogP contribution is -2.10. The lowest BCUT2D eigenvalue weighted by atomic mass is 10.1. The van der Waals surface area contributed by atoms with E-state index in [-0.39, 0.29) is 5.78 Å². The van der Waals surface area contributed by atoms with Gasteiger partial charge in [-0.25, -0.2) is 0 Å². The summed E-state index contributed by atoms with van der Waals surface area (Å²) in [5, 5.41) is 4.78. The van der Waals surface area contributed by atoms with Gasteiger partial charge in [0.25, 0.3) is 0 Å². The third-order valence-electron chi connectivity index (χ3n) is 3.28. The van der Waals surface area contributed by atoms with E-state index in [1.807, 2.05) is 4.68 Å². The number of Topliss-reactive ketones (excluding diaryl/α,β-unsaturated/α-hetero) is 1. The normalized spacial score (nSPS) is 18.4. The van der Waals surface area contributed by atoms with Gasteiger partial charge in [-0.05, 0) is 19.8 Å². The van der Waals surface area contributed by atoms with Crippen LogP contribution in [0.3, 0.4) is 0 Å². The molecule has 0 saturated heterocycles. The largest absolute Gasteiger partial charge is 0.294 e. The first-order valence-corrected chi connectivity index (χ1v) is 6.32. The van der Waals surface area contributed by atoms with Gasteiger partial charge in [0, 0.05) is 0 Å². The Balaban J connectivity index is 2.22. The summed E-state index contributed by atoms with van der Waals surface area (Å²) in [6, 6.07) is 0.378. The Morgan fingerprint density at radius 2 is 2.00 bits per heavy atom. The lowest BCUT2D eigenvalue weighted by molar-refractivity contribution is 0.101. The van der Waals surface area contributed by atoms with Crippen molar-refractivity contribution in [3.8, 4) is 0 Å². The molecule has 88 valence electrons. The third-order valence-corrected chi connectivity index (χ3v) is 3.66. The molecule has 1 aromatic heterocycles. The highest BCUT2D eigenvalue weighted by Crippen LogP contribution is 2.30. The average molecular weight is 241 g/mol. The summed E-state index contributed by atoms with van der Waals surface area (Å²) in [5.74, 6) is -0.00938. The van der Waals surface area contributed by atoms with E-state index in [1.54, 1.807) is 6.20 Å². The first-order valence-electron chi connectivity index (χ1n) is 5.94. The summed E-state index contributed by atoms with van der Waals surface area (Å²) in [4.78, 5) is 11.3. The first kappa shape index (κ1) is 11.6. The molecule has 1 aliphatic rings. The Labute approximate surface area is 101 Å². The standard InChI is InChI=1S/C12H17ClN2O/c1-9(16)11-8-14-15(12(11)13)10-6-4-2-3-5-7-10/h8,10H,2-7H2,1H3. The van der Waals surface area contributed by atoms with Crippen LogP contribution >= 0.6 is 11.6 Å². The van der Waals surface area contributed by atoms with Gasteiger partial charge in [0.1, 0.15) is 5.15 Å². The topological polar surface area (TPSA) is 34.9 Å². The molecule has 0 unspecified atom stereocenters. The highest BCUT2D eigenvalue weighted by atomic mass is 35.5. The molecular formula is C12H17ClN2O. The van der Waals surface area contributed by atoms with Crippen molar-refractivity contribution in [3.05, 3.63) is 16.9 Å². The molecule has 0 atom stereocenters. The van der Waals surface area contributed by atoms with E-state index < -0.39 is 0 Å². The number of ketones is 1. The summed E-state index contributed by atoms with van der Waals surface area (Å²) in [7, 11) is 0. The van der Waals surface area contributed by atoms with Crippen molar-refractivity contribution in [3.63, 3.8) is 0 Å². The number of hydrogen-bond acceptors (Lipinski definition) is 2. The minimum Gasteiger partial charge on any atom is -0.294 e. The van der Waals surface area contributed by atoms with Crippen LogP contribution in [-0.2, 0) is 0 Å². The van der Waals surface area contributed by atoms with E-state index in [0.29, 0.717) is 16.8 Å². The molecule has 1 aliphatic carbocycles. The van der Waals surface area contributed by atoms with E-state index in [1.165, 1.54) is 32.6 Å². The summed E-state index contributed by atoms with van der Waals surface area (Å²) in [6.45, 7) is 1.53. The molecule has 1 heterocycles. The van der Waals surface area contributed by atoms with Crippen LogP contribution in [0.1, 0.15) is 61.8 Å². The number of hydrogen-bond donors (Lipinski definition) is 0. The Morgan fingerprint density at radius 3 is 2.50 bits per heavy atom. The minimum atomic E-state index is -0.00938. The van der Waals surface area contributed by atoms with Crippen molar-refractivity contribution >= 4 is 17.4 Å². The summed E-state index contributed by atoms with van der Waals surface area (Å²) in [5.41, 5.74) is 0.547. The van der Waals surface area contributed by atoms with Crippen LogP contribution < -0.4 is 0 Å². The molecule has 0 radical (unpaired) electrons. The number of halogens is 1. The fourth-order valence-corrected chi connectivity index (χ4v) is 2.70. The quantitative estimate of drug-likeness (QED) is 0.584. The molecule has 1 aromatic rings. The molecule has 0 aliphatic heterocycles. The average Bonchev–Trinajstić information content (AvgIpc) is 2.50. The van der Waals surface area contributed by atoms with Crippen LogP contribution in [0.15, 0.2) is 6.20 Å². The fraction of sp³-hybridized carbons (Fsp3) is 0.667. The Morgan fingerprint density at radius 1 is 1.38 bits per heavy atom. The van der Waals surface area contributed by atoms with Crippen molar-refractivity contribution in [1.29, 1.82) is 0 Å². The minimum absolute atomic E-state index is 0.00938. The predicted molar refractivity (Wildman–Crippen MR) is 64.0 cm³/mol. The van der Waals surface area contributed by atoms with Gasteiger partial charge in [-0.2, -0.15) is 5.10 Å². The van der Waals surface area contributed by atoms with E-state index in [2.05, 4.69) is 5.10 Å². The number of carbonyl (C=O) groups is 1. The molecule has 1 fully saturated rings. The predicted octanol–water partition coefficient (Wildman–Crippen LogP) is 3.63. The Kier molecular flexibility index (Phi) is 3.64. The van der Waals surface area contributed by atoms with Gasteiger partial charge in [-0.3, -0.25) is 9.48 Å². The molecule has 3 nitrogen and oxygen atoms in total. The van der Waals surface area contributed by atoms with Gasteiger partial charge in [0.2, 0.25) is 0 Å². The van der Waals surface area contributed by atoms with Crippen molar-refractivity contribution in [2.45, 2.75) is 51.5 Å². The van der Waals surface area contributed by atoms with Crippen LogP contribution in [0.2, 0.25) is 5.15 Å². The number of nitrogens with zero attached hydrogens (tertiary/aromatic N) is 2. The molecule has 0 spiro atoms. The maximum absolute atomic E-state index is 11.3. The van der Waals surface area contributed by atoms with E-state index >= 15 is 0 Å². The molecule has 2 rings (SSSR count). The number of aromatic nitrogens is 2. The van der Waals surface area contributed by atoms with Crippen molar-refractivity contribution in [2.24, 2.45) is 0 Å². The van der Waals surface area contributed by atoms with Gasteiger partial charge >= 0.3 is 0 Å². The zero-order valence-corrected chi connectivity index (χ0v) is 10.3.